The van der Waals surface area contributed by atoms with Gasteiger partial charge in [0.25, 0.3) is 5.92 Å². The molecular weight excluding hydrogens is 192 g/mol. The highest BCUT2D eigenvalue weighted by Crippen LogP contribution is 2.28. The predicted octanol–water partition coefficient (Wildman–Crippen LogP) is 1.02. The third kappa shape index (κ3) is 5.47. The molecule has 1 rings (SSSR count). The maximum Gasteiger partial charge on any atom is 0.282 e. The summed E-state index contributed by atoms with van der Waals surface area (Å²) in [6, 6.07) is 0. The average molecular weight is 209 g/mol. The fraction of sp³-hybridized carbons (Fsp3) is 1.00. The fourth-order valence-corrected chi connectivity index (χ4v) is 0.933. The molecule has 0 heterocycles. The van der Waals surface area contributed by atoms with E-state index in [-0.39, 0.29) is 6.61 Å². The summed E-state index contributed by atoms with van der Waals surface area (Å²) in [6.45, 7) is 0.0440. The van der Waals surface area contributed by atoms with Crippen molar-refractivity contribution in [3.8, 4) is 0 Å². The lowest BCUT2D eigenvalue weighted by Gasteiger charge is -2.13. The highest BCUT2D eigenvalue weighted by atomic mass is 19.3. The van der Waals surface area contributed by atoms with Gasteiger partial charge < -0.3 is 15.2 Å². The molecule has 0 unspecified atom stereocenters. The first kappa shape index (κ1) is 11.8. The Morgan fingerprint density at radius 3 is 2.43 bits per heavy atom. The van der Waals surface area contributed by atoms with Crippen molar-refractivity contribution >= 4 is 0 Å². The minimum absolute atomic E-state index is 0.211. The van der Waals surface area contributed by atoms with Gasteiger partial charge in [-0.1, -0.05) is 0 Å². The SMILES string of the molecule is NCC(F)(F)COCCOCC1CC1. The lowest BCUT2D eigenvalue weighted by Crippen LogP contribution is -2.33. The number of nitrogens with two attached hydrogens (primary N) is 1. The molecule has 0 atom stereocenters. The van der Waals surface area contributed by atoms with Gasteiger partial charge in [-0.25, -0.2) is 8.78 Å². The van der Waals surface area contributed by atoms with Gasteiger partial charge in [-0.15, -0.1) is 0 Å². The molecule has 1 aliphatic carbocycles. The molecule has 0 spiro atoms. The molecule has 3 nitrogen and oxygen atoms in total. The summed E-state index contributed by atoms with van der Waals surface area (Å²) < 4.78 is 35.0. The molecule has 0 radical (unpaired) electrons. The molecule has 0 amide bonds. The molecule has 0 aromatic heterocycles. The molecule has 84 valence electrons. The fourth-order valence-electron chi connectivity index (χ4n) is 0.933. The van der Waals surface area contributed by atoms with Crippen LogP contribution in [-0.2, 0) is 9.47 Å². The van der Waals surface area contributed by atoms with Gasteiger partial charge in [-0.3, -0.25) is 0 Å². The van der Waals surface area contributed by atoms with E-state index in [0.29, 0.717) is 12.5 Å². The van der Waals surface area contributed by atoms with E-state index in [1.54, 1.807) is 0 Å². The third-order valence-corrected chi connectivity index (χ3v) is 2.03. The lowest BCUT2D eigenvalue weighted by atomic mass is 10.4. The average Bonchev–Trinajstić information content (AvgIpc) is 2.95. The van der Waals surface area contributed by atoms with Crippen LogP contribution in [-0.4, -0.2) is 38.9 Å². The van der Waals surface area contributed by atoms with E-state index in [0.717, 1.165) is 6.61 Å². The van der Waals surface area contributed by atoms with Crippen molar-refractivity contribution in [2.75, 3.05) is 33.0 Å². The molecule has 0 saturated heterocycles. The summed E-state index contributed by atoms with van der Waals surface area (Å²) in [5, 5.41) is 0. The van der Waals surface area contributed by atoms with Crippen LogP contribution in [0.25, 0.3) is 0 Å². The van der Waals surface area contributed by atoms with Crippen LogP contribution in [0.15, 0.2) is 0 Å². The summed E-state index contributed by atoms with van der Waals surface area (Å²) in [5.74, 6) is -2.21. The molecule has 1 saturated carbocycles. The first-order valence-corrected chi connectivity index (χ1v) is 4.87. The van der Waals surface area contributed by atoms with Gasteiger partial charge in [-0.05, 0) is 18.8 Å². The highest BCUT2D eigenvalue weighted by molar-refractivity contribution is 4.71. The van der Waals surface area contributed by atoms with Crippen LogP contribution in [0.4, 0.5) is 8.78 Å². The maximum absolute atomic E-state index is 12.5. The Morgan fingerprint density at radius 1 is 1.21 bits per heavy atom. The van der Waals surface area contributed by atoms with Crippen LogP contribution in [0.5, 0.6) is 0 Å². The number of hydrogen-bond acceptors (Lipinski definition) is 3. The maximum atomic E-state index is 12.5. The number of ether oxygens (including phenoxy) is 2. The van der Waals surface area contributed by atoms with E-state index in [1.807, 2.05) is 0 Å². The molecule has 1 aliphatic rings. The summed E-state index contributed by atoms with van der Waals surface area (Å²) >= 11 is 0. The second kappa shape index (κ2) is 5.58. The van der Waals surface area contributed by atoms with Crippen molar-refractivity contribution in [2.45, 2.75) is 18.8 Å². The minimum Gasteiger partial charge on any atom is -0.379 e. The largest absolute Gasteiger partial charge is 0.379 e. The Kier molecular flexibility index (Phi) is 4.71. The number of hydrogen-bond donors (Lipinski definition) is 1. The summed E-state index contributed by atoms with van der Waals surface area (Å²) in [5.41, 5.74) is 4.83. The van der Waals surface area contributed by atoms with Crippen LogP contribution in [0, 0.1) is 5.92 Å². The minimum atomic E-state index is -2.91. The van der Waals surface area contributed by atoms with Gasteiger partial charge in [0.1, 0.15) is 6.61 Å². The first-order chi connectivity index (χ1) is 6.64. The Hall–Kier alpha value is -0.260. The van der Waals surface area contributed by atoms with Crippen LogP contribution < -0.4 is 5.73 Å². The quantitative estimate of drug-likeness (QED) is 0.607. The molecule has 0 aliphatic heterocycles. The monoisotopic (exact) mass is 209 g/mol. The summed E-state index contributed by atoms with van der Waals surface area (Å²) in [4.78, 5) is 0. The number of rotatable bonds is 8. The zero-order valence-electron chi connectivity index (χ0n) is 8.18. The van der Waals surface area contributed by atoms with E-state index < -0.39 is 19.1 Å². The van der Waals surface area contributed by atoms with E-state index in [1.165, 1.54) is 12.8 Å². The Labute approximate surface area is 82.6 Å². The van der Waals surface area contributed by atoms with E-state index >= 15 is 0 Å². The normalized spacial score (nSPS) is 17.4. The van der Waals surface area contributed by atoms with Crippen molar-refractivity contribution in [1.82, 2.24) is 0 Å². The molecule has 2 N–H and O–H groups in total. The first-order valence-electron chi connectivity index (χ1n) is 4.87. The topological polar surface area (TPSA) is 44.5 Å². The van der Waals surface area contributed by atoms with Gasteiger partial charge in [0.2, 0.25) is 0 Å². The molecular formula is C9H17F2NO2. The zero-order chi connectivity index (χ0) is 10.4. The Morgan fingerprint density at radius 2 is 1.86 bits per heavy atom. The van der Waals surface area contributed by atoms with Crippen molar-refractivity contribution in [3.63, 3.8) is 0 Å². The summed E-state index contributed by atoms with van der Waals surface area (Å²) in [7, 11) is 0. The van der Waals surface area contributed by atoms with Crippen molar-refractivity contribution < 1.29 is 18.3 Å². The highest BCUT2D eigenvalue weighted by Gasteiger charge is 2.26. The third-order valence-electron chi connectivity index (χ3n) is 2.03. The van der Waals surface area contributed by atoms with E-state index in [9.17, 15) is 8.78 Å². The molecule has 5 heteroatoms. The van der Waals surface area contributed by atoms with E-state index in [2.05, 4.69) is 0 Å². The van der Waals surface area contributed by atoms with Crippen LogP contribution in [0.1, 0.15) is 12.8 Å². The molecule has 0 aromatic carbocycles. The van der Waals surface area contributed by atoms with Gasteiger partial charge >= 0.3 is 0 Å². The van der Waals surface area contributed by atoms with Gasteiger partial charge in [0.15, 0.2) is 0 Å². The molecule has 1 fully saturated rings. The van der Waals surface area contributed by atoms with Gasteiger partial charge in [0.05, 0.1) is 19.8 Å². The zero-order valence-corrected chi connectivity index (χ0v) is 8.18. The van der Waals surface area contributed by atoms with Crippen molar-refractivity contribution in [3.05, 3.63) is 0 Å². The predicted molar refractivity (Wildman–Crippen MR) is 48.4 cm³/mol. The van der Waals surface area contributed by atoms with Crippen molar-refractivity contribution in [1.29, 1.82) is 0 Å². The Balaban J connectivity index is 1.83. The van der Waals surface area contributed by atoms with Crippen LogP contribution in [0.2, 0.25) is 0 Å². The smallest absolute Gasteiger partial charge is 0.282 e. The molecule has 14 heavy (non-hydrogen) atoms. The lowest BCUT2D eigenvalue weighted by molar-refractivity contribution is -0.0788. The number of halogens is 2. The second-order valence-electron chi connectivity index (χ2n) is 3.63. The molecule has 0 aromatic rings. The van der Waals surface area contributed by atoms with Gasteiger partial charge in [0, 0.05) is 6.61 Å². The Bertz CT molecular complexity index is 163. The second-order valence-corrected chi connectivity index (χ2v) is 3.63. The number of alkyl halides is 2. The standard InChI is InChI=1S/C9H17F2NO2/c10-9(11,6-12)7-14-4-3-13-5-8-1-2-8/h8H,1-7,12H2. The van der Waals surface area contributed by atoms with Gasteiger partial charge in [-0.2, -0.15) is 0 Å². The van der Waals surface area contributed by atoms with Crippen LogP contribution >= 0.6 is 0 Å². The van der Waals surface area contributed by atoms with Crippen LogP contribution in [0.3, 0.4) is 0 Å². The summed E-state index contributed by atoms with van der Waals surface area (Å²) in [6.07, 6.45) is 2.46. The van der Waals surface area contributed by atoms with E-state index in [4.69, 9.17) is 15.2 Å². The molecule has 0 bridgehead atoms. The van der Waals surface area contributed by atoms with Crippen molar-refractivity contribution in [2.24, 2.45) is 11.7 Å².